The number of benzene rings is 2. The Labute approximate surface area is 192 Å². The van der Waals surface area contributed by atoms with Gasteiger partial charge in [-0.1, -0.05) is 41.9 Å². The molecule has 2 aromatic rings. The number of nitrogens with two attached hydrogens (primary N) is 1. The summed E-state index contributed by atoms with van der Waals surface area (Å²) in [5, 5.41) is 2.61. The molecule has 3 amide bonds. The van der Waals surface area contributed by atoms with E-state index in [1.54, 1.807) is 24.8 Å². The normalized spacial score (nSPS) is 10.7. The van der Waals surface area contributed by atoms with E-state index >= 15 is 0 Å². The van der Waals surface area contributed by atoms with E-state index in [9.17, 15) is 18.8 Å². The average Bonchev–Trinajstić information content (AvgIpc) is 2.76. The Bertz CT molecular complexity index is 940. The topological polar surface area (TPSA) is 95.7 Å². The Morgan fingerprint density at radius 1 is 1.06 bits per heavy atom. The fourth-order valence-electron chi connectivity index (χ4n) is 3.09. The SMILES string of the molecule is CC(C)N(CC(=O)NCc1cccc(Cl)c1F)C(=O)CN(CCC(N)=O)c1ccccc1. The zero-order valence-corrected chi connectivity index (χ0v) is 18.9. The molecule has 0 bridgehead atoms. The van der Waals surface area contributed by atoms with Crippen molar-refractivity contribution in [3.05, 3.63) is 64.9 Å². The van der Waals surface area contributed by atoms with E-state index in [1.807, 2.05) is 30.3 Å². The molecule has 3 N–H and O–H groups in total. The molecule has 32 heavy (non-hydrogen) atoms. The highest BCUT2D eigenvalue weighted by atomic mass is 35.5. The number of anilines is 1. The van der Waals surface area contributed by atoms with Gasteiger partial charge in [-0.3, -0.25) is 14.4 Å². The molecule has 2 rings (SSSR count). The third-order valence-electron chi connectivity index (χ3n) is 4.84. The minimum absolute atomic E-state index is 0.0207. The van der Waals surface area contributed by atoms with Gasteiger partial charge in [-0.2, -0.15) is 0 Å². The summed E-state index contributed by atoms with van der Waals surface area (Å²) >= 11 is 5.77. The van der Waals surface area contributed by atoms with Gasteiger partial charge in [0, 0.05) is 36.8 Å². The minimum atomic E-state index is -0.584. The van der Waals surface area contributed by atoms with Crippen LogP contribution in [-0.2, 0) is 20.9 Å². The average molecular weight is 463 g/mol. The summed E-state index contributed by atoms with van der Waals surface area (Å²) in [6.45, 7) is 3.64. The Kier molecular flexibility index (Phi) is 9.46. The first-order valence-corrected chi connectivity index (χ1v) is 10.6. The summed E-state index contributed by atoms with van der Waals surface area (Å²) in [5.74, 6) is -1.75. The number of hydrogen-bond acceptors (Lipinski definition) is 4. The van der Waals surface area contributed by atoms with Crippen LogP contribution in [0.15, 0.2) is 48.5 Å². The van der Waals surface area contributed by atoms with E-state index in [4.69, 9.17) is 17.3 Å². The molecule has 0 unspecified atom stereocenters. The quantitative estimate of drug-likeness (QED) is 0.536. The molecule has 0 saturated heterocycles. The number of halogens is 2. The first-order chi connectivity index (χ1) is 15.2. The van der Waals surface area contributed by atoms with Gasteiger partial charge < -0.3 is 20.9 Å². The zero-order valence-electron chi connectivity index (χ0n) is 18.2. The molecule has 172 valence electrons. The second-order valence-electron chi connectivity index (χ2n) is 7.58. The van der Waals surface area contributed by atoms with Crippen molar-refractivity contribution in [1.29, 1.82) is 0 Å². The number of rotatable bonds is 11. The van der Waals surface area contributed by atoms with Gasteiger partial charge in [0.25, 0.3) is 0 Å². The lowest BCUT2D eigenvalue weighted by molar-refractivity contribution is -0.136. The molecule has 0 aliphatic rings. The van der Waals surface area contributed by atoms with Crippen molar-refractivity contribution in [2.75, 3.05) is 24.5 Å². The number of carbonyl (C=O) groups is 3. The fraction of sp³-hybridized carbons (Fsp3) is 0.348. The lowest BCUT2D eigenvalue weighted by atomic mass is 10.2. The molecule has 0 heterocycles. The highest BCUT2D eigenvalue weighted by molar-refractivity contribution is 6.30. The maximum atomic E-state index is 14.0. The third kappa shape index (κ3) is 7.53. The lowest BCUT2D eigenvalue weighted by Gasteiger charge is -2.30. The maximum Gasteiger partial charge on any atom is 0.242 e. The molecular weight excluding hydrogens is 435 g/mol. The lowest BCUT2D eigenvalue weighted by Crippen LogP contribution is -2.48. The van der Waals surface area contributed by atoms with Crippen molar-refractivity contribution in [3.63, 3.8) is 0 Å². The van der Waals surface area contributed by atoms with Crippen LogP contribution in [0.25, 0.3) is 0 Å². The molecule has 0 aromatic heterocycles. The van der Waals surface area contributed by atoms with Crippen molar-refractivity contribution in [2.45, 2.75) is 32.9 Å². The van der Waals surface area contributed by atoms with Crippen molar-refractivity contribution >= 4 is 35.0 Å². The Morgan fingerprint density at radius 3 is 2.38 bits per heavy atom. The molecule has 2 aromatic carbocycles. The molecule has 7 nitrogen and oxygen atoms in total. The Morgan fingerprint density at radius 2 is 1.75 bits per heavy atom. The third-order valence-corrected chi connectivity index (χ3v) is 5.13. The number of hydrogen-bond donors (Lipinski definition) is 2. The first-order valence-electron chi connectivity index (χ1n) is 10.3. The van der Waals surface area contributed by atoms with Gasteiger partial charge >= 0.3 is 0 Å². The van der Waals surface area contributed by atoms with Crippen LogP contribution in [0.4, 0.5) is 10.1 Å². The van der Waals surface area contributed by atoms with Gasteiger partial charge in [0.1, 0.15) is 5.82 Å². The maximum absolute atomic E-state index is 14.0. The molecule has 0 saturated carbocycles. The van der Waals surface area contributed by atoms with Gasteiger partial charge in [0.2, 0.25) is 17.7 Å². The molecular formula is C23H28ClFN4O3. The predicted octanol–water partition coefficient (Wildman–Crippen LogP) is 2.71. The fourth-order valence-corrected chi connectivity index (χ4v) is 3.28. The standard InChI is InChI=1S/C23H28ClFN4O3/c1-16(2)29(14-21(31)27-13-17-7-6-10-19(24)23(17)25)22(32)15-28(12-11-20(26)30)18-8-4-3-5-9-18/h3-10,16H,11-15H2,1-2H3,(H2,26,30)(H,27,31). The minimum Gasteiger partial charge on any atom is -0.370 e. The molecule has 0 atom stereocenters. The van der Waals surface area contributed by atoms with E-state index in [0.717, 1.165) is 5.69 Å². The van der Waals surface area contributed by atoms with Gasteiger partial charge in [-0.05, 0) is 32.0 Å². The van der Waals surface area contributed by atoms with Gasteiger partial charge in [0.15, 0.2) is 0 Å². The van der Waals surface area contributed by atoms with Crippen LogP contribution in [0.5, 0.6) is 0 Å². The van der Waals surface area contributed by atoms with E-state index in [2.05, 4.69) is 5.32 Å². The summed E-state index contributed by atoms with van der Waals surface area (Å²) in [4.78, 5) is 39.9. The van der Waals surface area contributed by atoms with Gasteiger partial charge in [-0.25, -0.2) is 4.39 Å². The number of amides is 3. The molecule has 0 radical (unpaired) electrons. The summed E-state index contributed by atoms with van der Waals surface area (Å²) in [5.41, 5.74) is 6.31. The number of carbonyl (C=O) groups excluding carboxylic acids is 3. The van der Waals surface area contributed by atoms with Crippen molar-refractivity contribution < 1.29 is 18.8 Å². The Hall–Kier alpha value is -3.13. The van der Waals surface area contributed by atoms with Gasteiger partial charge in [0.05, 0.1) is 18.1 Å². The number of nitrogens with zero attached hydrogens (tertiary/aromatic N) is 2. The first kappa shape index (κ1) is 25.1. The van der Waals surface area contributed by atoms with E-state index < -0.39 is 17.6 Å². The second-order valence-corrected chi connectivity index (χ2v) is 7.99. The summed E-state index contributed by atoms with van der Waals surface area (Å²) in [6.07, 6.45) is 0.0928. The number of primary amides is 1. The monoisotopic (exact) mass is 462 g/mol. The van der Waals surface area contributed by atoms with Crippen molar-refractivity contribution in [3.8, 4) is 0 Å². The molecule has 0 aliphatic carbocycles. The highest BCUT2D eigenvalue weighted by Gasteiger charge is 2.23. The second kappa shape index (κ2) is 12.0. The van der Waals surface area contributed by atoms with Crippen LogP contribution in [0.3, 0.4) is 0 Å². The molecule has 9 heteroatoms. The number of para-hydroxylation sites is 1. The van der Waals surface area contributed by atoms with Crippen LogP contribution >= 0.6 is 11.6 Å². The largest absolute Gasteiger partial charge is 0.370 e. The van der Waals surface area contributed by atoms with Crippen molar-refractivity contribution in [2.24, 2.45) is 5.73 Å². The van der Waals surface area contributed by atoms with E-state index in [0.29, 0.717) is 0 Å². The molecule has 0 spiro atoms. The summed E-state index contributed by atoms with van der Waals surface area (Å²) < 4.78 is 14.0. The van der Waals surface area contributed by atoms with E-state index in [-0.39, 0.29) is 55.1 Å². The smallest absolute Gasteiger partial charge is 0.242 e. The molecule has 0 fully saturated rings. The van der Waals surface area contributed by atoms with Gasteiger partial charge in [-0.15, -0.1) is 0 Å². The van der Waals surface area contributed by atoms with Crippen molar-refractivity contribution in [1.82, 2.24) is 10.2 Å². The van der Waals surface area contributed by atoms with Crippen LogP contribution in [0.1, 0.15) is 25.8 Å². The zero-order chi connectivity index (χ0) is 23.7. The van der Waals surface area contributed by atoms with Crippen LogP contribution in [0, 0.1) is 5.82 Å². The van der Waals surface area contributed by atoms with Crippen LogP contribution in [-0.4, -0.2) is 48.3 Å². The van der Waals surface area contributed by atoms with Crippen LogP contribution < -0.4 is 16.0 Å². The Balaban J connectivity index is 2.04. The summed E-state index contributed by atoms with van der Waals surface area (Å²) in [7, 11) is 0. The number of nitrogens with one attached hydrogen (secondary N) is 1. The van der Waals surface area contributed by atoms with Crippen LogP contribution in [0.2, 0.25) is 5.02 Å². The van der Waals surface area contributed by atoms with E-state index in [1.165, 1.54) is 17.0 Å². The highest BCUT2D eigenvalue weighted by Crippen LogP contribution is 2.18. The summed E-state index contributed by atoms with van der Waals surface area (Å²) in [6, 6.07) is 13.5. The molecule has 0 aliphatic heterocycles. The predicted molar refractivity (Wildman–Crippen MR) is 123 cm³/mol.